The van der Waals surface area contributed by atoms with Crippen molar-refractivity contribution in [3.8, 4) is 5.75 Å². The second-order valence-corrected chi connectivity index (χ2v) is 5.88. The molecule has 6 heteroatoms. The van der Waals surface area contributed by atoms with Gasteiger partial charge in [0.05, 0.1) is 6.54 Å². The van der Waals surface area contributed by atoms with Crippen LogP contribution in [0.3, 0.4) is 0 Å². The summed E-state index contributed by atoms with van der Waals surface area (Å²) < 4.78 is 5.61. The van der Waals surface area contributed by atoms with E-state index in [-0.39, 0.29) is 18.5 Å². The number of hydrogen-bond donors (Lipinski definition) is 2. The summed E-state index contributed by atoms with van der Waals surface area (Å²) in [6.07, 6.45) is 1.29. The van der Waals surface area contributed by atoms with Gasteiger partial charge in [0.1, 0.15) is 17.9 Å². The van der Waals surface area contributed by atoms with Crippen LogP contribution in [-0.2, 0) is 4.79 Å². The Kier molecular flexibility index (Phi) is 4.02. The number of aryl methyl sites for hydroxylation is 1. The molecule has 22 heavy (non-hydrogen) atoms. The van der Waals surface area contributed by atoms with E-state index in [1.165, 1.54) is 4.90 Å². The highest BCUT2D eigenvalue weighted by molar-refractivity contribution is 6.07. The minimum atomic E-state index is -0.702. The number of benzene rings is 1. The number of rotatable bonds is 4. The summed E-state index contributed by atoms with van der Waals surface area (Å²) in [5.41, 5.74) is 0.459. The molecule has 2 aliphatic rings. The molecule has 1 aromatic carbocycles. The summed E-state index contributed by atoms with van der Waals surface area (Å²) in [7, 11) is 0. The van der Waals surface area contributed by atoms with E-state index in [1.807, 2.05) is 31.2 Å². The SMILES string of the molecule is Cc1ccc(OCCN2C(=O)NC3(CCNCC3)C2=O)cc1. The average Bonchev–Trinajstić information content (AvgIpc) is 2.74. The van der Waals surface area contributed by atoms with Crippen molar-refractivity contribution in [2.24, 2.45) is 0 Å². The normalized spacial score (nSPS) is 20.3. The first-order valence-electron chi connectivity index (χ1n) is 7.65. The molecule has 2 N–H and O–H groups in total. The molecule has 118 valence electrons. The van der Waals surface area contributed by atoms with E-state index in [0.29, 0.717) is 19.4 Å². The van der Waals surface area contributed by atoms with E-state index in [9.17, 15) is 9.59 Å². The molecule has 2 saturated heterocycles. The van der Waals surface area contributed by atoms with Crippen LogP contribution in [0, 0.1) is 6.92 Å². The third-order valence-corrected chi connectivity index (χ3v) is 4.31. The Bertz CT molecular complexity index is 565. The molecule has 0 saturated carbocycles. The van der Waals surface area contributed by atoms with Gasteiger partial charge in [-0.2, -0.15) is 0 Å². The molecular weight excluding hydrogens is 282 g/mol. The lowest BCUT2D eigenvalue weighted by Crippen LogP contribution is -2.54. The molecule has 6 nitrogen and oxygen atoms in total. The van der Waals surface area contributed by atoms with Crippen LogP contribution in [0.15, 0.2) is 24.3 Å². The molecule has 1 spiro atoms. The van der Waals surface area contributed by atoms with Gasteiger partial charge in [-0.25, -0.2) is 4.79 Å². The van der Waals surface area contributed by atoms with Crippen molar-refractivity contribution >= 4 is 11.9 Å². The molecule has 2 heterocycles. The van der Waals surface area contributed by atoms with E-state index in [2.05, 4.69) is 10.6 Å². The van der Waals surface area contributed by atoms with Gasteiger partial charge in [0.15, 0.2) is 0 Å². The monoisotopic (exact) mass is 303 g/mol. The number of nitrogens with zero attached hydrogens (tertiary/aromatic N) is 1. The molecule has 0 radical (unpaired) electrons. The molecule has 0 aliphatic carbocycles. The zero-order valence-electron chi connectivity index (χ0n) is 12.7. The molecule has 2 fully saturated rings. The maximum atomic E-state index is 12.5. The first-order chi connectivity index (χ1) is 10.6. The van der Waals surface area contributed by atoms with Gasteiger partial charge < -0.3 is 15.4 Å². The van der Waals surface area contributed by atoms with Crippen molar-refractivity contribution in [2.75, 3.05) is 26.2 Å². The molecule has 3 rings (SSSR count). The summed E-state index contributed by atoms with van der Waals surface area (Å²) in [6, 6.07) is 7.39. The van der Waals surface area contributed by atoms with Gasteiger partial charge in [-0.3, -0.25) is 9.69 Å². The van der Waals surface area contributed by atoms with E-state index >= 15 is 0 Å². The van der Waals surface area contributed by atoms with Gasteiger partial charge in [0.2, 0.25) is 0 Å². The minimum Gasteiger partial charge on any atom is -0.492 e. The van der Waals surface area contributed by atoms with Crippen molar-refractivity contribution in [1.82, 2.24) is 15.5 Å². The molecule has 0 bridgehead atoms. The predicted octanol–water partition coefficient (Wildman–Crippen LogP) is 1.05. The fourth-order valence-electron chi connectivity index (χ4n) is 2.96. The third kappa shape index (κ3) is 2.78. The molecule has 0 aromatic heterocycles. The first-order valence-corrected chi connectivity index (χ1v) is 7.65. The van der Waals surface area contributed by atoms with Crippen molar-refractivity contribution in [1.29, 1.82) is 0 Å². The largest absolute Gasteiger partial charge is 0.492 e. The van der Waals surface area contributed by atoms with Crippen LogP contribution in [0.2, 0.25) is 0 Å². The van der Waals surface area contributed by atoms with Gasteiger partial charge in [0.25, 0.3) is 5.91 Å². The standard InChI is InChI=1S/C16H21N3O3/c1-12-2-4-13(5-3-12)22-11-10-19-14(20)16(18-15(19)21)6-8-17-9-7-16/h2-5,17H,6-11H2,1H3,(H,18,21). The number of imide groups is 1. The fraction of sp³-hybridized carbons (Fsp3) is 0.500. The van der Waals surface area contributed by atoms with Gasteiger partial charge in [-0.1, -0.05) is 17.7 Å². The zero-order valence-corrected chi connectivity index (χ0v) is 12.7. The summed E-state index contributed by atoms with van der Waals surface area (Å²) in [4.78, 5) is 25.9. The van der Waals surface area contributed by atoms with Crippen molar-refractivity contribution in [3.63, 3.8) is 0 Å². The average molecular weight is 303 g/mol. The summed E-state index contributed by atoms with van der Waals surface area (Å²) in [5, 5.41) is 6.08. The van der Waals surface area contributed by atoms with E-state index in [0.717, 1.165) is 24.4 Å². The van der Waals surface area contributed by atoms with Crippen molar-refractivity contribution in [2.45, 2.75) is 25.3 Å². The van der Waals surface area contributed by atoms with Gasteiger partial charge in [-0.15, -0.1) is 0 Å². The van der Waals surface area contributed by atoms with Crippen LogP contribution in [0.4, 0.5) is 4.79 Å². The second kappa shape index (κ2) is 5.96. The summed E-state index contributed by atoms with van der Waals surface area (Å²) in [5.74, 6) is 0.626. The van der Waals surface area contributed by atoms with Crippen LogP contribution < -0.4 is 15.4 Å². The van der Waals surface area contributed by atoms with Crippen LogP contribution in [-0.4, -0.2) is 48.6 Å². The quantitative estimate of drug-likeness (QED) is 0.816. The fourth-order valence-corrected chi connectivity index (χ4v) is 2.96. The number of urea groups is 1. The first kappa shape index (κ1) is 14.8. The van der Waals surface area contributed by atoms with E-state index in [1.54, 1.807) is 0 Å². The number of amides is 3. The lowest BCUT2D eigenvalue weighted by Gasteiger charge is -2.31. The summed E-state index contributed by atoms with van der Waals surface area (Å²) in [6.45, 7) is 4.08. The maximum Gasteiger partial charge on any atom is 0.325 e. The van der Waals surface area contributed by atoms with E-state index < -0.39 is 5.54 Å². The van der Waals surface area contributed by atoms with E-state index in [4.69, 9.17) is 4.74 Å². The van der Waals surface area contributed by atoms with Crippen LogP contribution in [0.5, 0.6) is 5.75 Å². The molecular formula is C16H21N3O3. The number of carbonyl (C=O) groups is 2. The highest BCUT2D eigenvalue weighted by atomic mass is 16.5. The Morgan fingerprint density at radius 2 is 1.86 bits per heavy atom. The Morgan fingerprint density at radius 3 is 2.55 bits per heavy atom. The van der Waals surface area contributed by atoms with Crippen molar-refractivity contribution in [3.05, 3.63) is 29.8 Å². The second-order valence-electron chi connectivity index (χ2n) is 5.88. The number of hydrogen-bond acceptors (Lipinski definition) is 4. The third-order valence-electron chi connectivity index (χ3n) is 4.31. The highest BCUT2D eigenvalue weighted by Gasteiger charge is 2.51. The Balaban J connectivity index is 1.57. The van der Waals surface area contributed by atoms with Crippen molar-refractivity contribution < 1.29 is 14.3 Å². The smallest absolute Gasteiger partial charge is 0.325 e. The van der Waals surface area contributed by atoms with Crippen LogP contribution in [0.1, 0.15) is 18.4 Å². The maximum absolute atomic E-state index is 12.5. The van der Waals surface area contributed by atoms with Gasteiger partial charge >= 0.3 is 6.03 Å². The number of ether oxygens (including phenoxy) is 1. The highest BCUT2D eigenvalue weighted by Crippen LogP contribution is 2.26. The number of nitrogens with one attached hydrogen (secondary N) is 2. The molecule has 0 atom stereocenters. The topological polar surface area (TPSA) is 70.7 Å². The number of piperidine rings is 1. The van der Waals surface area contributed by atoms with Crippen LogP contribution >= 0.6 is 0 Å². The lowest BCUT2D eigenvalue weighted by atomic mass is 9.88. The minimum absolute atomic E-state index is 0.119. The lowest BCUT2D eigenvalue weighted by molar-refractivity contribution is -0.132. The Hall–Kier alpha value is -2.08. The van der Waals surface area contributed by atoms with Crippen LogP contribution in [0.25, 0.3) is 0 Å². The predicted molar refractivity (Wildman–Crippen MR) is 81.8 cm³/mol. The zero-order chi connectivity index (χ0) is 15.6. The molecule has 1 aromatic rings. The van der Waals surface area contributed by atoms with Gasteiger partial charge in [-0.05, 0) is 45.0 Å². The number of carbonyl (C=O) groups excluding carboxylic acids is 2. The molecule has 2 aliphatic heterocycles. The Morgan fingerprint density at radius 1 is 1.18 bits per heavy atom. The Labute approximate surface area is 129 Å². The summed E-state index contributed by atoms with van der Waals surface area (Å²) >= 11 is 0. The van der Waals surface area contributed by atoms with Gasteiger partial charge in [0, 0.05) is 0 Å². The molecule has 0 unspecified atom stereocenters. The molecule has 3 amide bonds.